The van der Waals surface area contributed by atoms with Gasteiger partial charge in [-0.15, -0.1) is 0 Å². The number of nitrogens with zero attached hydrogens (tertiary/aromatic N) is 1. The molecule has 1 aliphatic rings. The van der Waals surface area contributed by atoms with Crippen LogP contribution in [0.5, 0.6) is 0 Å². The zero-order chi connectivity index (χ0) is 22.7. The number of hydrogen-bond donors (Lipinski definition) is 0. The van der Waals surface area contributed by atoms with Crippen LogP contribution in [0.1, 0.15) is 58.4 Å². The average molecular weight is 432 g/mol. The Balaban J connectivity index is 1.67. The Morgan fingerprint density at radius 2 is 1.75 bits per heavy atom. The Kier molecular flexibility index (Phi) is 6.92. The molecule has 0 aliphatic carbocycles. The summed E-state index contributed by atoms with van der Waals surface area (Å²) in [6.07, 6.45) is 2.25. The van der Waals surface area contributed by atoms with Gasteiger partial charge in [0.2, 0.25) is 0 Å². The molecule has 4 heteroatoms. The third-order valence-corrected chi connectivity index (χ3v) is 6.73. The van der Waals surface area contributed by atoms with E-state index in [0.717, 1.165) is 32.5 Å². The number of piperidine rings is 1. The minimum Gasteiger partial charge on any atom is -0.465 e. The summed E-state index contributed by atoms with van der Waals surface area (Å²) in [4.78, 5) is 14.5. The highest BCUT2D eigenvalue weighted by atomic mass is 16.5. The van der Waals surface area contributed by atoms with Gasteiger partial charge in [-0.2, -0.15) is 0 Å². The molecule has 1 fully saturated rings. The van der Waals surface area contributed by atoms with Crippen molar-refractivity contribution in [2.45, 2.75) is 52.3 Å². The molecule has 4 nitrogen and oxygen atoms in total. The number of aryl methyl sites for hydroxylation is 2. The van der Waals surface area contributed by atoms with Crippen LogP contribution in [0.25, 0.3) is 10.8 Å². The second-order valence-electron chi connectivity index (χ2n) is 8.74. The zero-order valence-corrected chi connectivity index (χ0v) is 19.6. The van der Waals surface area contributed by atoms with Crippen LogP contribution in [-0.2, 0) is 16.0 Å². The number of carbonyl (C=O) groups excluding carboxylic acids is 1. The molecule has 0 radical (unpaired) electrons. The quantitative estimate of drug-likeness (QED) is 0.450. The van der Waals surface area contributed by atoms with Crippen LogP contribution in [-0.4, -0.2) is 37.2 Å². The topological polar surface area (TPSA) is 38.8 Å². The van der Waals surface area contributed by atoms with Crippen molar-refractivity contribution in [1.29, 1.82) is 0 Å². The van der Waals surface area contributed by atoms with E-state index in [0.29, 0.717) is 5.56 Å². The number of esters is 1. The summed E-state index contributed by atoms with van der Waals surface area (Å²) in [5.74, 6) is -0.300. The van der Waals surface area contributed by atoms with Gasteiger partial charge in [0.25, 0.3) is 0 Å². The summed E-state index contributed by atoms with van der Waals surface area (Å²) in [6, 6.07) is 19.2. The van der Waals surface area contributed by atoms with Gasteiger partial charge in [-0.1, -0.05) is 42.5 Å². The lowest BCUT2D eigenvalue weighted by Gasteiger charge is -2.40. The normalized spacial score (nSPS) is 19.2. The maximum absolute atomic E-state index is 11.9. The summed E-state index contributed by atoms with van der Waals surface area (Å²) in [7, 11) is 1.42. The average Bonchev–Trinajstić information content (AvgIpc) is 2.82. The molecule has 0 unspecified atom stereocenters. The van der Waals surface area contributed by atoms with Gasteiger partial charge in [0.1, 0.15) is 0 Å². The monoisotopic (exact) mass is 431 g/mol. The van der Waals surface area contributed by atoms with Crippen LogP contribution in [0.3, 0.4) is 0 Å². The van der Waals surface area contributed by atoms with Gasteiger partial charge in [0.05, 0.1) is 18.8 Å². The molecular formula is C28H33NO3. The third-order valence-electron chi connectivity index (χ3n) is 6.73. The molecule has 1 saturated heterocycles. The van der Waals surface area contributed by atoms with Crippen LogP contribution in [0, 0.1) is 13.8 Å². The van der Waals surface area contributed by atoms with Crippen LogP contribution < -0.4 is 0 Å². The Morgan fingerprint density at radius 1 is 1.03 bits per heavy atom. The maximum Gasteiger partial charge on any atom is 0.337 e. The summed E-state index contributed by atoms with van der Waals surface area (Å²) in [6.45, 7) is 9.10. The van der Waals surface area contributed by atoms with Crippen LogP contribution in [0.15, 0.2) is 54.6 Å². The fraction of sp³-hybridized carbons (Fsp3) is 0.393. The fourth-order valence-electron chi connectivity index (χ4n) is 5.07. The van der Waals surface area contributed by atoms with Crippen molar-refractivity contribution in [1.82, 2.24) is 4.90 Å². The number of benzene rings is 3. The number of methoxy groups -OCH3 is 1. The fourth-order valence-corrected chi connectivity index (χ4v) is 5.07. The first-order chi connectivity index (χ1) is 15.5. The van der Waals surface area contributed by atoms with E-state index in [9.17, 15) is 4.79 Å². The lowest BCUT2D eigenvalue weighted by Crippen LogP contribution is -2.39. The summed E-state index contributed by atoms with van der Waals surface area (Å²) >= 11 is 0. The van der Waals surface area contributed by atoms with Crippen molar-refractivity contribution in [3.8, 4) is 0 Å². The molecule has 0 N–H and O–H groups in total. The van der Waals surface area contributed by atoms with E-state index in [2.05, 4.69) is 68.1 Å². The van der Waals surface area contributed by atoms with Crippen LogP contribution in [0.4, 0.5) is 0 Å². The van der Waals surface area contributed by atoms with Crippen molar-refractivity contribution < 1.29 is 14.3 Å². The molecule has 3 aromatic rings. The highest BCUT2D eigenvalue weighted by molar-refractivity contribution is 5.90. The SMILES string of the molecule is CCO[C@H]1CCN(Cc2c(C)cc(C)c3ccccc23)[C@H](c2ccc(C(=O)OC)cc2)C1. The van der Waals surface area contributed by atoms with Crippen LogP contribution in [0.2, 0.25) is 0 Å². The van der Waals surface area contributed by atoms with E-state index < -0.39 is 0 Å². The molecule has 2 atom stereocenters. The van der Waals surface area contributed by atoms with Gasteiger partial charge in [0.15, 0.2) is 0 Å². The first-order valence-corrected chi connectivity index (χ1v) is 11.5. The summed E-state index contributed by atoms with van der Waals surface area (Å²) in [5, 5.41) is 2.67. The first kappa shape index (κ1) is 22.5. The predicted molar refractivity (Wildman–Crippen MR) is 129 cm³/mol. The highest BCUT2D eigenvalue weighted by Gasteiger charge is 2.30. The van der Waals surface area contributed by atoms with E-state index in [4.69, 9.17) is 9.47 Å². The first-order valence-electron chi connectivity index (χ1n) is 11.5. The molecule has 0 bridgehead atoms. The lowest BCUT2D eigenvalue weighted by molar-refractivity contribution is -0.0137. The van der Waals surface area contributed by atoms with E-state index in [1.54, 1.807) is 0 Å². The van der Waals surface area contributed by atoms with Crippen molar-refractivity contribution >= 4 is 16.7 Å². The van der Waals surface area contributed by atoms with Gasteiger partial charge in [-0.25, -0.2) is 4.79 Å². The minimum absolute atomic E-state index is 0.242. The third kappa shape index (κ3) is 4.57. The molecule has 32 heavy (non-hydrogen) atoms. The van der Waals surface area contributed by atoms with E-state index >= 15 is 0 Å². The smallest absolute Gasteiger partial charge is 0.337 e. The molecular weight excluding hydrogens is 398 g/mol. The number of hydrogen-bond acceptors (Lipinski definition) is 4. The summed E-state index contributed by atoms with van der Waals surface area (Å²) in [5.41, 5.74) is 5.87. The number of fused-ring (bicyclic) bond motifs is 1. The summed E-state index contributed by atoms with van der Waals surface area (Å²) < 4.78 is 10.9. The Hall–Kier alpha value is -2.69. The van der Waals surface area contributed by atoms with Gasteiger partial charge >= 0.3 is 5.97 Å². The maximum atomic E-state index is 11.9. The Labute approximate surface area is 191 Å². The number of ether oxygens (including phenoxy) is 2. The Morgan fingerprint density at radius 3 is 2.44 bits per heavy atom. The second-order valence-corrected chi connectivity index (χ2v) is 8.74. The zero-order valence-electron chi connectivity index (χ0n) is 19.6. The molecule has 0 amide bonds. The van der Waals surface area contributed by atoms with Gasteiger partial charge < -0.3 is 9.47 Å². The van der Waals surface area contributed by atoms with E-state index in [1.807, 2.05) is 12.1 Å². The van der Waals surface area contributed by atoms with E-state index in [-0.39, 0.29) is 18.1 Å². The van der Waals surface area contributed by atoms with Crippen molar-refractivity contribution in [3.05, 3.63) is 82.4 Å². The molecule has 1 aliphatic heterocycles. The molecule has 1 heterocycles. The Bertz CT molecular complexity index is 1090. The second kappa shape index (κ2) is 9.85. The molecule has 0 spiro atoms. The standard InChI is InChI=1S/C28H33NO3/c1-5-32-23-14-15-29(27(17-23)21-10-12-22(13-11-21)28(30)31-4)18-26-20(3)16-19(2)24-8-6-7-9-25(24)26/h6-13,16,23,27H,5,14-15,17-18H2,1-4H3/t23-,27-/m0/s1. The molecule has 0 saturated carbocycles. The van der Waals surface area contributed by atoms with Gasteiger partial charge in [0, 0.05) is 25.7 Å². The molecule has 168 valence electrons. The largest absolute Gasteiger partial charge is 0.465 e. The number of carbonyl (C=O) groups is 1. The number of rotatable bonds is 6. The predicted octanol–water partition coefficient (Wildman–Crippen LogP) is 5.99. The van der Waals surface area contributed by atoms with Crippen LogP contribution >= 0.6 is 0 Å². The number of likely N-dealkylation sites (tertiary alicyclic amines) is 1. The molecule has 4 rings (SSSR count). The lowest BCUT2D eigenvalue weighted by atomic mass is 9.90. The molecule has 0 aromatic heterocycles. The van der Waals surface area contributed by atoms with Crippen molar-refractivity contribution in [2.75, 3.05) is 20.3 Å². The van der Waals surface area contributed by atoms with E-state index in [1.165, 1.54) is 40.1 Å². The van der Waals surface area contributed by atoms with Crippen molar-refractivity contribution in [3.63, 3.8) is 0 Å². The van der Waals surface area contributed by atoms with Gasteiger partial charge in [-0.05, 0) is 78.8 Å². The highest BCUT2D eigenvalue weighted by Crippen LogP contribution is 2.36. The molecule has 3 aromatic carbocycles. The minimum atomic E-state index is -0.300. The van der Waals surface area contributed by atoms with Crippen molar-refractivity contribution in [2.24, 2.45) is 0 Å². The van der Waals surface area contributed by atoms with Gasteiger partial charge in [-0.3, -0.25) is 4.90 Å².